The van der Waals surface area contributed by atoms with Crippen molar-refractivity contribution in [1.82, 2.24) is 0 Å². The van der Waals surface area contributed by atoms with Crippen molar-refractivity contribution in [2.24, 2.45) is 4.99 Å². The molecule has 110 valence electrons. The molecular weight excluding hydrogens is 389 g/mol. The molecule has 6 heteroatoms. The van der Waals surface area contributed by atoms with Crippen LogP contribution in [0.25, 0.3) is 6.08 Å². The molecule has 0 saturated carbocycles. The molecule has 0 spiro atoms. The first-order valence-corrected chi connectivity index (χ1v) is 7.82. The number of halogens is 3. The van der Waals surface area contributed by atoms with E-state index in [1.54, 1.807) is 24.3 Å². The normalized spacial score (nSPS) is 15.9. The van der Waals surface area contributed by atoms with Crippen molar-refractivity contribution in [2.75, 3.05) is 0 Å². The second-order valence-electron chi connectivity index (χ2n) is 4.48. The Bertz CT molecular complexity index is 831. The van der Waals surface area contributed by atoms with Gasteiger partial charge >= 0.3 is 5.97 Å². The SMILES string of the molecule is O=C1OC(c2ccccc2Br)=NC1=Cc1ccc(Cl)cc1Cl. The fourth-order valence-corrected chi connectivity index (χ4v) is 2.84. The Morgan fingerprint density at radius 1 is 1.14 bits per heavy atom. The van der Waals surface area contributed by atoms with E-state index < -0.39 is 5.97 Å². The molecule has 0 radical (unpaired) electrons. The molecule has 0 unspecified atom stereocenters. The molecule has 2 aromatic rings. The van der Waals surface area contributed by atoms with Gasteiger partial charge in [-0.25, -0.2) is 9.79 Å². The molecule has 0 amide bonds. The van der Waals surface area contributed by atoms with Crippen molar-refractivity contribution < 1.29 is 9.53 Å². The summed E-state index contributed by atoms with van der Waals surface area (Å²) in [7, 11) is 0. The van der Waals surface area contributed by atoms with Gasteiger partial charge < -0.3 is 4.74 Å². The number of ether oxygens (including phenoxy) is 1. The zero-order valence-electron chi connectivity index (χ0n) is 11.0. The van der Waals surface area contributed by atoms with Gasteiger partial charge in [0.25, 0.3) is 0 Å². The minimum Gasteiger partial charge on any atom is -0.402 e. The predicted molar refractivity (Wildman–Crippen MR) is 91.2 cm³/mol. The molecule has 0 fully saturated rings. The van der Waals surface area contributed by atoms with Gasteiger partial charge in [-0.3, -0.25) is 0 Å². The molecule has 1 aliphatic heterocycles. The smallest absolute Gasteiger partial charge is 0.363 e. The van der Waals surface area contributed by atoms with Gasteiger partial charge in [0.15, 0.2) is 5.70 Å². The van der Waals surface area contributed by atoms with E-state index >= 15 is 0 Å². The van der Waals surface area contributed by atoms with Crippen LogP contribution in [0.5, 0.6) is 0 Å². The third-order valence-corrected chi connectivity index (χ3v) is 4.23. The summed E-state index contributed by atoms with van der Waals surface area (Å²) < 4.78 is 6.02. The van der Waals surface area contributed by atoms with Crippen LogP contribution in [-0.4, -0.2) is 11.9 Å². The number of rotatable bonds is 2. The molecule has 1 aliphatic rings. The molecule has 0 N–H and O–H groups in total. The zero-order chi connectivity index (χ0) is 15.7. The van der Waals surface area contributed by atoms with E-state index in [1.165, 1.54) is 0 Å². The lowest BCUT2D eigenvalue weighted by atomic mass is 10.2. The summed E-state index contributed by atoms with van der Waals surface area (Å²) in [5, 5.41) is 0.968. The standard InChI is InChI=1S/C16H8BrCl2NO2/c17-12-4-2-1-3-11(12)15-20-14(16(21)22-15)7-9-5-6-10(18)8-13(9)19/h1-8H. The summed E-state index contributed by atoms with van der Waals surface area (Å²) in [6.45, 7) is 0. The maximum absolute atomic E-state index is 12.0. The van der Waals surface area contributed by atoms with Crippen LogP contribution in [0.4, 0.5) is 0 Å². The summed E-state index contributed by atoms with van der Waals surface area (Å²) >= 11 is 15.4. The lowest BCUT2D eigenvalue weighted by Crippen LogP contribution is -2.05. The number of carbonyl (C=O) groups is 1. The van der Waals surface area contributed by atoms with Crippen molar-refractivity contribution >= 4 is 57.1 Å². The lowest BCUT2D eigenvalue weighted by molar-refractivity contribution is -0.129. The minimum atomic E-state index is -0.517. The van der Waals surface area contributed by atoms with Crippen LogP contribution in [-0.2, 0) is 9.53 Å². The molecule has 0 atom stereocenters. The molecule has 0 aromatic heterocycles. The number of aliphatic imine (C=N–C) groups is 1. The first kappa shape index (κ1) is 15.3. The Morgan fingerprint density at radius 2 is 1.91 bits per heavy atom. The van der Waals surface area contributed by atoms with E-state index in [-0.39, 0.29) is 11.6 Å². The van der Waals surface area contributed by atoms with Gasteiger partial charge in [-0.1, -0.05) is 41.4 Å². The van der Waals surface area contributed by atoms with E-state index in [0.29, 0.717) is 21.2 Å². The second-order valence-corrected chi connectivity index (χ2v) is 6.18. The Labute approximate surface area is 145 Å². The van der Waals surface area contributed by atoms with E-state index in [0.717, 1.165) is 4.47 Å². The number of benzene rings is 2. The van der Waals surface area contributed by atoms with Gasteiger partial charge in [0.2, 0.25) is 5.90 Å². The molecule has 1 heterocycles. The van der Waals surface area contributed by atoms with Crippen LogP contribution in [0.3, 0.4) is 0 Å². The highest BCUT2D eigenvalue weighted by Crippen LogP contribution is 2.27. The average Bonchev–Trinajstić information content (AvgIpc) is 2.83. The molecule has 3 nitrogen and oxygen atoms in total. The van der Waals surface area contributed by atoms with Crippen LogP contribution in [0.1, 0.15) is 11.1 Å². The lowest BCUT2D eigenvalue weighted by Gasteiger charge is -2.01. The first-order chi connectivity index (χ1) is 10.5. The van der Waals surface area contributed by atoms with E-state index in [2.05, 4.69) is 20.9 Å². The van der Waals surface area contributed by atoms with Crippen LogP contribution in [0, 0.1) is 0 Å². The van der Waals surface area contributed by atoms with Gasteiger partial charge in [0.05, 0.1) is 5.56 Å². The largest absolute Gasteiger partial charge is 0.402 e. The van der Waals surface area contributed by atoms with E-state index in [4.69, 9.17) is 27.9 Å². The third-order valence-electron chi connectivity index (χ3n) is 2.98. The Balaban J connectivity index is 2.00. The fraction of sp³-hybridized carbons (Fsp3) is 0. The quantitative estimate of drug-likeness (QED) is 0.523. The minimum absolute atomic E-state index is 0.190. The Kier molecular flexibility index (Phi) is 4.34. The number of hydrogen-bond acceptors (Lipinski definition) is 3. The number of hydrogen-bond donors (Lipinski definition) is 0. The molecule has 2 aromatic carbocycles. The molecular formula is C16H8BrCl2NO2. The van der Waals surface area contributed by atoms with Gasteiger partial charge in [0, 0.05) is 14.5 Å². The van der Waals surface area contributed by atoms with Gasteiger partial charge in [-0.2, -0.15) is 0 Å². The van der Waals surface area contributed by atoms with Crippen LogP contribution in [0.2, 0.25) is 10.0 Å². The molecule has 0 bridgehead atoms. The second kappa shape index (κ2) is 6.24. The van der Waals surface area contributed by atoms with Gasteiger partial charge in [-0.15, -0.1) is 0 Å². The summed E-state index contributed by atoms with van der Waals surface area (Å²) in [6.07, 6.45) is 1.57. The van der Waals surface area contributed by atoms with Crippen LogP contribution in [0.15, 0.2) is 57.6 Å². The van der Waals surface area contributed by atoms with Gasteiger partial charge in [0.1, 0.15) is 0 Å². The van der Waals surface area contributed by atoms with E-state index in [9.17, 15) is 4.79 Å². The zero-order valence-corrected chi connectivity index (χ0v) is 14.1. The maximum Gasteiger partial charge on any atom is 0.363 e. The highest BCUT2D eigenvalue weighted by Gasteiger charge is 2.25. The number of esters is 1. The van der Waals surface area contributed by atoms with Crippen molar-refractivity contribution in [3.8, 4) is 0 Å². The summed E-state index contributed by atoms with van der Waals surface area (Å²) in [6, 6.07) is 12.4. The molecule has 0 aliphatic carbocycles. The third kappa shape index (κ3) is 3.09. The Hall–Kier alpha value is -1.62. The van der Waals surface area contributed by atoms with Crippen molar-refractivity contribution in [1.29, 1.82) is 0 Å². The van der Waals surface area contributed by atoms with Gasteiger partial charge in [-0.05, 0) is 51.8 Å². The monoisotopic (exact) mass is 395 g/mol. The summed E-state index contributed by atoms with van der Waals surface area (Å²) in [5.74, 6) is -0.259. The highest BCUT2D eigenvalue weighted by atomic mass is 79.9. The van der Waals surface area contributed by atoms with Crippen LogP contribution >= 0.6 is 39.1 Å². The van der Waals surface area contributed by atoms with Crippen molar-refractivity contribution in [3.05, 3.63) is 73.8 Å². The van der Waals surface area contributed by atoms with Crippen LogP contribution < -0.4 is 0 Å². The average molecular weight is 397 g/mol. The highest BCUT2D eigenvalue weighted by molar-refractivity contribution is 9.10. The Morgan fingerprint density at radius 3 is 2.64 bits per heavy atom. The molecule has 0 saturated heterocycles. The molecule has 22 heavy (non-hydrogen) atoms. The first-order valence-electron chi connectivity index (χ1n) is 6.27. The van der Waals surface area contributed by atoms with Crippen molar-refractivity contribution in [2.45, 2.75) is 0 Å². The predicted octanol–water partition coefficient (Wildman–Crippen LogP) is 5.10. The number of cyclic esters (lactones) is 1. The number of carbonyl (C=O) groups excluding carboxylic acids is 1. The fourth-order valence-electron chi connectivity index (χ4n) is 1.92. The van der Waals surface area contributed by atoms with E-state index in [1.807, 2.05) is 24.3 Å². The maximum atomic E-state index is 12.0. The topological polar surface area (TPSA) is 38.7 Å². The molecule has 3 rings (SSSR count). The number of nitrogens with zero attached hydrogens (tertiary/aromatic N) is 1. The van der Waals surface area contributed by atoms with Crippen molar-refractivity contribution in [3.63, 3.8) is 0 Å². The summed E-state index contributed by atoms with van der Waals surface area (Å²) in [4.78, 5) is 16.2. The summed E-state index contributed by atoms with van der Waals surface area (Å²) in [5.41, 5.74) is 1.55.